The number of carbonyl (C=O) groups is 1. The smallest absolute Gasteiger partial charge is 0.220 e. The second-order valence-electron chi connectivity index (χ2n) is 19.7. The Hall–Kier alpha value is -2.05. The highest BCUT2D eigenvalue weighted by molar-refractivity contribution is 5.76. The SMILES string of the molecule is CC/C=C\C/C=C\C/C=C\C/C=C\CCCCCCCCCCCCCCCCCCC(=O)NC(COC1OC(CO)C(OC2OC(CO)C(O)C(O)C2O)C(O)C1O)C(O)CCCCCCCCC. The minimum absolute atomic E-state index is 0.212. The molecule has 408 valence electrons. The van der Waals surface area contributed by atoms with E-state index in [1.54, 1.807) is 0 Å². The van der Waals surface area contributed by atoms with Gasteiger partial charge < -0.3 is 65.1 Å². The first kappa shape index (κ1) is 64.1. The molecule has 0 aliphatic carbocycles. The van der Waals surface area contributed by atoms with E-state index in [4.69, 9.17) is 18.9 Å². The van der Waals surface area contributed by atoms with Crippen molar-refractivity contribution >= 4 is 5.91 Å². The summed E-state index contributed by atoms with van der Waals surface area (Å²) in [6.07, 6.45) is 34.5. The molecule has 2 saturated heterocycles. The average molecular weight is 996 g/mol. The van der Waals surface area contributed by atoms with Gasteiger partial charge in [-0.05, 0) is 51.4 Å². The third kappa shape index (κ3) is 28.4. The Morgan fingerprint density at radius 2 is 0.986 bits per heavy atom. The molecule has 2 heterocycles. The third-order valence-corrected chi connectivity index (χ3v) is 13.6. The van der Waals surface area contributed by atoms with E-state index in [0.717, 1.165) is 83.5 Å². The van der Waals surface area contributed by atoms with Crippen molar-refractivity contribution in [2.24, 2.45) is 0 Å². The minimum atomic E-state index is -1.78. The average Bonchev–Trinajstić information content (AvgIpc) is 3.36. The number of hydrogen-bond acceptors (Lipinski definition) is 13. The van der Waals surface area contributed by atoms with Crippen molar-refractivity contribution in [3.63, 3.8) is 0 Å². The molecule has 0 aromatic rings. The molecule has 9 N–H and O–H groups in total. The summed E-state index contributed by atoms with van der Waals surface area (Å²) in [6, 6.07) is -0.825. The summed E-state index contributed by atoms with van der Waals surface area (Å²) in [5.74, 6) is -0.212. The Morgan fingerprint density at radius 3 is 1.51 bits per heavy atom. The number of amides is 1. The van der Waals surface area contributed by atoms with Crippen molar-refractivity contribution in [3.05, 3.63) is 48.6 Å². The maximum Gasteiger partial charge on any atom is 0.220 e. The van der Waals surface area contributed by atoms with Crippen molar-refractivity contribution < 1.29 is 64.6 Å². The number of hydrogen-bond donors (Lipinski definition) is 9. The van der Waals surface area contributed by atoms with Crippen LogP contribution < -0.4 is 5.32 Å². The molecule has 0 aromatic carbocycles. The summed E-state index contributed by atoms with van der Waals surface area (Å²) >= 11 is 0. The lowest BCUT2D eigenvalue weighted by molar-refractivity contribution is -0.359. The number of nitrogens with one attached hydrogen (secondary N) is 1. The summed E-state index contributed by atoms with van der Waals surface area (Å²) in [5, 5.41) is 86.7. The van der Waals surface area contributed by atoms with Crippen LogP contribution in [0, 0.1) is 0 Å². The van der Waals surface area contributed by atoms with Crippen molar-refractivity contribution in [2.45, 2.75) is 280 Å². The molecule has 1 amide bonds. The largest absolute Gasteiger partial charge is 0.394 e. The van der Waals surface area contributed by atoms with E-state index in [2.05, 4.69) is 67.8 Å². The number of aliphatic hydroxyl groups is 8. The second-order valence-corrected chi connectivity index (χ2v) is 19.7. The zero-order valence-electron chi connectivity index (χ0n) is 43.5. The molecule has 2 aliphatic heterocycles. The quantitative estimate of drug-likeness (QED) is 0.0207. The molecule has 70 heavy (non-hydrogen) atoms. The highest BCUT2D eigenvalue weighted by atomic mass is 16.7. The topological polar surface area (TPSA) is 228 Å². The normalized spacial score (nSPS) is 26.3. The Bertz CT molecular complexity index is 1360. The molecule has 2 fully saturated rings. The number of ether oxygens (including phenoxy) is 4. The van der Waals surface area contributed by atoms with Gasteiger partial charge in [0.15, 0.2) is 12.6 Å². The number of aliphatic hydroxyl groups excluding tert-OH is 8. The number of allylic oxidation sites excluding steroid dienone is 8. The van der Waals surface area contributed by atoms with Crippen LogP contribution in [0.15, 0.2) is 48.6 Å². The maximum atomic E-state index is 13.2. The van der Waals surface area contributed by atoms with Gasteiger partial charge >= 0.3 is 0 Å². The summed E-state index contributed by atoms with van der Waals surface area (Å²) < 4.78 is 22.7. The van der Waals surface area contributed by atoms with Crippen LogP contribution >= 0.6 is 0 Å². The van der Waals surface area contributed by atoms with Gasteiger partial charge in [0.1, 0.15) is 48.8 Å². The molecule has 14 heteroatoms. The summed E-state index contributed by atoms with van der Waals surface area (Å²) in [6.45, 7) is 2.68. The van der Waals surface area contributed by atoms with E-state index in [1.165, 1.54) is 96.3 Å². The first-order valence-electron chi connectivity index (χ1n) is 27.9. The molecular formula is C56H101NO13. The molecular weight excluding hydrogens is 895 g/mol. The fourth-order valence-electron chi connectivity index (χ4n) is 9.05. The second kappa shape index (κ2) is 42.3. The molecule has 0 bridgehead atoms. The maximum absolute atomic E-state index is 13.2. The number of carbonyl (C=O) groups excluding carboxylic acids is 1. The molecule has 12 unspecified atom stereocenters. The predicted molar refractivity (Wildman–Crippen MR) is 277 cm³/mol. The van der Waals surface area contributed by atoms with Crippen LogP contribution in [-0.2, 0) is 23.7 Å². The molecule has 0 spiro atoms. The van der Waals surface area contributed by atoms with Crippen molar-refractivity contribution in [1.82, 2.24) is 5.32 Å². The monoisotopic (exact) mass is 996 g/mol. The van der Waals surface area contributed by atoms with E-state index in [9.17, 15) is 45.6 Å². The highest BCUT2D eigenvalue weighted by Gasteiger charge is 2.51. The van der Waals surface area contributed by atoms with Crippen molar-refractivity contribution in [1.29, 1.82) is 0 Å². The van der Waals surface area contributed by atoms with E-state index in [0.29, 0.717) is 12.8 Å². The molecule has 0 aromatic heterocycles. The molecule has 2 aliphatic rings. The van der Waals surface area contributed by atoms with E-state index < -0.39 is 86.8 Å². The standard InChI is InChI=1S/C56H101NO13/c1-3-5-7-9-11-12-13-14-15-16-17-18-19-20-21-22-23-24-25-26-27-28-29-30-31-32-34-36-38-40-48(61)57-44(45(60)39-37-35-33-10-8-6-4-2)43-67-55-53(66)51(64)54(47(42-59)69-55)70-56-52(65)50(63)49(62)46(41-58)68-56/h5,7,11-12,14-15,17-18,44-47,49-56,58-60,62-66H,3-4,6,8-10,13,16,19-43H2,1-2H3,(H,57,61)/b7-5-,12-11-,15-14-,18-17-. The van der Waals surface area contributed by atoms with Gasteiger partial charge in [0.05, 0.1) is 32.0 Å². The van der Waals surface area contributed by atoms with Gasteiger partial charge in [-0.25, -0.2) is 0 Å². The summed E-state index contributed by atoms with van der Waals surface area (Å²) in [4.78, 5) is 13.2. The van der Waals surface area contributed by atoms with Gasteiger partial charge in [-0.2, -0.15) is 0 Å². The molecule has 2 rings (SSSR count). The van der Waals surface area contributed by atoms with E-state index in [1.807, 2.05) is 0 Å². The lowest BCUT2D eigenvalue weighted by Gasteiger charge is -2.46. The Morgan fingerprint density at radius 1 is 0.529 bits per heavy atom. The zero-order chi connectivity index (χ0) is 51.0. The van der Waals surface area contributed by atoms with Gasteiger partial charge in [0.2, 0.25) is 5.91 Å². The van der Waals surface area contributed by atoms with Crippen LogP contribution in [0.4, 0.5) is 0 Å². The van der Waals surface area contributed by atoms with Crippen LogP contribution in [0.3, 0.4) is 0 Å². The van der Waals surface area contributed by atoms with Gasteiger partial charge in [0.25, 0.3) is 0 Å². The van der Waals surface area contributed by atoms with Crippen molar-refractivity contribution in [2.75, 3.05) is 19.8 Å². The fraction of sp³-hybridized carbons (Fsp3) is 0.839. The molecule has 0 saturated carbocycles. The lowest BCUT2D eigenvalue weighted by atomic mass is 9.97. The van der Waals surface area contributed by atoms with Gasteiger partial charge in [0, 0.05) is 6.42 Å². The first-order valence-corrected chi connectivity index (χ1v) is 27.9. The van der Waals surface area contributed by atoms with E-state index >= 15 is 0 Å². The van der Waals surface area contributed by atoms with Crippen LogP contribution in [0.1, 0.15) is 206 Å². The first-order chi connectivity index (χ1) is 34.1. The summed E-state index contributed by atoms with van der Waals surface area (Å²) in [7, 11) is 0. The third-order valence-electron chi connectivity index (χ3n) is 13.6. The van der Waals surface area contributed by atoms with Gasteiger partial charge in [-0.1, -0.05) is 197 Å². The highest BCUT2D eigenvalue weighted by Crippen LogP contribution is 2.30. The van der Waals surface area contributed by atoms with Crippen molar-refractivity contribution in [3.8, 4) is 0 Å². The van der Waals surface area contributed by atoms with Crippen LogP contribution in [0.5, 0.6) is 0 Å². The molecule has 0 radical (unpaired) electrons. The number of rotatable bonds is 43. The van der Waals surface area contributed by atoms with E-state index in [-0.39, 0.29) is 12.5 Å². The van der Waals surface area contributed by atoms with Crippen LogP contribution in [-0.4, -0.2) is 140 Å². The van der Waals surface area contributed by atoms with Gasteiger partial charge in [-0.3, -0.25) is 4.79 Å². The Balaban J connectivity index is 1.62. The van der Waals surface area contributed by atoms with Crippen LogP contribution in [0.2, 0.25) is 0 Å². The van der Waals surface area contributed by atoms with Gasteiger partial charge in [-0.15, -0.1) is 0 Å². The molecule has 12 atom stereocenters. The lowest BCUT2D eigenvalue weighted by Crippen LogP contribution is -2.65. The summed E-state index contributed by atoms with van der Waals surface area (Å²) in [5.41, 5.74) is 0. The predicted octanol–water partition coefficient (Wildman–Crippen LogP) is 8.44. The zero-order valence-corrected chi connectivity index (χ0v) is 43.5. The minimum Gasteiger partial charge on any atom is -0.394 e. The fourth-order valence-corrected chi connectivity index (χ4v) is 9.05. The Kier molecular flexibility index (Phi) is 38.7. The molecule has 14 nitrogen and oxygen atoms in total. The van der Waals surface area contributed by atoms with Crippen LogP contribution in [0.25, 0.3) is 0 Å². The Labute approximate surface area is 423 Å². The number of unbranched alkanes of at least 4 members (excludes halogenated alkanes) is 22.